The predicted octanol–water partition coefficient (Wildman–Crippen LogP) is 3.87. The molecule has 1 fully saturated rings. The zero-order valence-electron chi connectivity index (χ0n) is 14.8. The van der Waals surface area contributed by atoms with Gasteiger partial charge in [-0.2, -0.15) is 0 Å². The molecule has 0 spiro atoms. The number of carbonyl (C=O) groups is 1. The van der Waals surface area contributed by atoms with Gasteiger partial charge in [0.25, 0.3) is 5.91 Å². The Kier molecular flexibility index (Phi) is 6.55. The van der Waals surface area contributed by atoms with Gasteiger partial charge >= 0.3 is 0 Å². The molecule has 1 aliphatic heterocycles. The molecule has 142 valence electrons. The molecule has 0 bridgehead atoms. The summed E-state index contributed by atoms with van der Waals surface area (Å²) in [5.74, 6) is -0.344. The number of likely N-dealkylation sites (N-methyl/N-ethyl adjacent to an activating group) is 1. The van der Waals surface area contributed by atoms with Crippen molar-refractivity contribution < 1.29 is 4.79 Å². The Labute approximate surface area is 174 Å². The van der Waals surface area contributed by atoms with E-state index in [4.69, 9.17) is 35.4 Å². The van der Waals surface area contributed by atoms with E-state index >= 15 is 0 Å². The summed E-state index contributed by atoms with van der Waals surface area (Å²) >= 11 is 17.2. The van der Waals surface area contributed by atoms with Crippen LogP contribution in [0.15, 0.2) is 42.5 Å². The van der Waals surface area contributed by atoms with Gasteiger partial charge in [-0.1, -0.05) is 35.3 Å². The number of hydrogen-bond donors (Lipinski definition) is 2. The van der Waals surface area contributed by atoms with Crippen molar-refractivity contribution in [2.75, 3.05) is 43.4 Å². The molecule has 0 radical (unpaired) electrons. The lowest BCUT2D eigenvalue weighted by molar-refractivity contribution is 0.0977. The monoisotopic (exact) mass is 422 g/mol. The highest BCUT2D eigenvalue weighted by Gasteiger charge is 2.17. The number of thiocarbonyl (C=S) groups is 1. The van der Waals surface area contributed by atoms with Crippen LogP contribution in [-0.4, -0.2) is 49.1 Å². The minimum atomic E-state index is -0.344. The second kappa shape index (κ2) is 8.89. The van der Waals surface area contributed by atoms with E-state index in [9.17, 15) is 4.79 Å². The summed E-state index contributed by atoms with van der Waals surface area (Å²) in [6, 6.07) is 12.6. The number of rotatable bonds is 3. The summed E-state index contributed by atoms with van der Waals surface area (Å²) in [7, 11) is 2.12. The van der Waals surface area contributed by atoms with Crippen LogP contribution in [0.3, 0.4) is 0 Å². The Balaban J connectivity index is 1.67. The normalized spacial score (nSPS) is 14.7. The molecule has 0 aromatic heterocycles. The Hall–Kier alpha value is -1.86. The van der Waals surface area contributed by atoms with Crippen LogP contribution in [0.25, 0.3) is 0 Å². The fraction of sp³-hybridized carbons (Fsp3) is 0.263. The van der Waals surface area contributed by atoms with Crippen molar-refractivity contribution in [2.24, 2.45) is 0 Å². The van der Waals surface area contributed by atoms with Crippen LogP contribution in [0.2, 0.25) is 10.0 Å². The van der Waals surface area contributed by atoms with Gasteiger partial charge in [-0.15, -0.1) is 0 Å². The summed E-state index contributed by atoms with van der Waals surface area (Å²) in [5, 5.41) is 6.76. The predicted molar refractivity (Wildman–Crippen MR) is 116 cm³/mol. The lowest BCUT2D eigenvalue weighted by Gasteiger charge is -2.35. The molecule has 1 aliphatic rings. The lowest BCUT2D eigenvalue weighted by atomic mass is 10.2. The van der Waals surface area contributed by atoms with Crippen molar-refractivity contribution in [3.63, 3.8) is 0 Å². The number of nitrogens with one attached hydrogen (secondary N) is 2. The molecule has 3 rings (SSSR count). The molecule has 1 saturated heterocycles. The minimum Gasteiger partial charge on any atom is -0.367 e. The number of anilines is 2. The smallest absolute Gasteiger partial charge is 0.257 e. The number of nitrogens with zero attached hydrogens (tertiary/aromatic N) is 2. The molecule has 27 heavy (non-hydrogen) atoms. The first kappa shape index (κ1) is 19.9. The highest BCUT2D eigenvalue weighted by molar-refractivity contribution is 7.80. The molecule has 0 aliphatic carbocycles. The van der Waals surface area contributed by atoms with Crippen LogP contribution in [0.4, 0.5) is 11.4 Å². The van der Waals surface area contributed by atoms with Crippen molar-refractivity contribution in [3.8, 4) is 0 Å². The van der Waals surface area contributed by atoms with Gasteiger partial charge in [-0.05, 0) is 49.6 Å². The average molecular weight is 423 g/mol. The zero-order chi connectivity index (χ0) is 19.4. The summed E-state index contributed by atoms with van der Waals surface area (Å²) in [6.07, 6.45) is 0. The van der Waals surface area contributed by atoms with Gasteiger partial charge in [-0.25, -0.2) is 0 Å². The maximum Gasteiger partial charge on any atom is 0.257 e. The molecule has 0 saturated carbocycles. The fourth-order valence-electron chi connectivity index (χ4n) is 2.87. The molecule has 2 N–H and O–H groups in total. The zero-order valence-corrected chi connectivity index (χ0v) is 17.2. The van der Waals surface area contributed by atoms with Gasteiger partial charge in [0.05, 0.1) is 21.4 Å². The molecule has 5 nitrogen and oxygen atoms in total. The van der Waals surface area contributed by atoms with Crippen molar-refractivity contribution >= 4 is 57.8 Å². The van der Waals surface area contributed by atoms with Gasteiger partial charge < -0.3 is 15.1 Å². The van der Waals surface area contributed by atoms with Crippen molar-refractivity contribution in [3.05, 3.63) is 58.1 Å². The number of piperazine rings is 1. The van der Waals surface area contributed by atoms with E-state index in [0.29, 0.717) is 15.6 Å². The van der Waals surface area contributed by atoms with Crippen molar-refractivity contribution in [1.29, 1.82) is 0 Å². The number of para-hydroxylation sites is 2. The number of halogens is 2. The Morgan fingerprint density at radius 3 is 2.44 bits per heavy atom. The molecule has 0 unspecified atom stereocenters. The van der Waals surface area contributed by atoms with E-state index in [1.165, 1.54) is 6.07 Å². The Bertz CT molecular complexity index is 853. The van der Waals surface area contributed by atoms with Crippen LogP contribution >= 0.6 is 35.4 Å². The summed E-state index contributed by atoms with van der Waals surface area (Å²) in [6.45, 7) is 3.90. The van der Waals surface area contributed by atoms with Crippen molar-refractivity contribution in [2.45, 2.75) is 0 Å². The minimum absolute atomic E-state index is 0.229. The fourth-order valence-corrected chi connectivity index (χ4v) is 3.37. The molecule has 8 heteroatoms. The third-order valence-electron chi connectivity index (χ3n) is 4.41. The van der Waals surface area contributed by atoms with E-state index in [1.54, 1.807) is 12.1 Å². The van der Waals surface area contributed by atoms with Crippen LogP contribution in [0.5, 0.6) is 0 Å². The van der Waals surface area contributed by atoms with Gasteiger partial charge in [-0.3, -0.25) is 10.1 Å². The van der Waals surface area contributed by atoms with Crippen LogP contribution < -0.4 is 15.5 Å². The second-order valence-electron chi connectivity index (χ2n) is 6.34. The van der Waals surface area contributed by atoms with Gasteiger partial charge in [0.15, 0.2) is 5.11 Å². The van der Waals surface area contributed by atoms with Crippen molar-refractivity contribution in [1.82, 2.24) is 10.2 Å². The van der Waals surface area contributed by atoms with Crippen LogP contribution in [0, 0.1) is 0 Å². The quantitative estimate of drug-likeness (QED) is 0.735. The Morgan fingerprint density at radius 1 is 1.04 bits per heavy atom. The molecule has 2 aromatic carbocycles. The van der Waals surface area contributed by atoms with E-state index in [-0.39, 0.29) is 11.0 Å². The summed E-state index contributed by atoms with van der Waals surface area (Å²) < 4.78 is 0. The van der Waals surface area contributed by atoms with Gasteiger partial charge in [0, 0.05) is 31.7 Å². The Morgan fingerprint density at radius 2 is 1.74 bits per heavy atom. The van der Waals surface area contributed by atoms with E-state index in [2.05, 4.69) is 33.5 Å². The highest BCUT2D eigenvalue weighted by Crippen LogP contribution is 2.26. The van der Waals surface area contributed by atoms with E-state index in [1.807, 2.05) is 18.2 Å². The largest absolute Gasteiger partial charge is 0.367 e. The van der Waals surface area contributed by atoms with Gasteiger partial charge in [0.1, 0.15) is 0 Å². The maximum absolute atomic E-state index is 12.4. The average Bonchev–Trinajstić information content (AvgIpc) is 2.65. The van der Waals surface area contributed by atoms with E-state index in [0.717, 1.165) is 37.6 Å². The lowest BCUT2D eigenvalue weighted by Crippen LogP contribution is -2.45. The number of benzene rings is 2. The standard InChI is InChI=1S/C19H20Cl2N4OS/c1-24-8-10-25(11-9-24)17-5-3-2-4-16(17)22-19(27)23-18(26)13-6-7-14(20)15(21)12-13/h2-7,12H,8-11H2,1H3,(H2,22,23,26,27). The first-order chi connectivity index (χ1) is 12.9. The van der Waals surface area contributed by atoms with Crippen LogP contribution in [0.1, 0.15) is 10.4 Å². The molecular formula is C19H20Cl2N4OS. The number of carbonyl (C=O) groups excluding carboxylic acids is 1. The third-order valence-corrected chi connectivity index (χ3v) is 5.35. The SMILES string of the molecule is CN1CCN(c2ccccc2NC(=S)NC(=O)c2ccc(Cl)c(Cl)c2)CC1. The second-order valence-corrected chi connectivity index (χ2v) is 7.57. The van der Waals surface area contributed by atoms with Crippen LogP contribution in [-0.2, 0) is 0 Å². The van der Waals surface area contributed by atoms with Gasteiger partial charge in [0.2, 0.25) is 0 Å². The topological polar surface area (TPSA) is 47.6 Å². The summed E-state index contributed by atoms with van der Waals surface area (Å²) in [5.41, 5.74) is 2.32. The highest BCUT2D eigenvalue weighted by atomic mass is 35.5. The molecule has 0 atom stereocenters. The molecule has 1 amide bonds. The molecular weight excluding hydrogens is 403 g/mol. The number of hydrogen-bond acceptors (Lipinski definition) is 4. The maximum atomic E-state index is 12.4. The third kappa shape index (κ3) is 5.11. The molecule has 1 heterocycles. The molecule has 2 aromatic rings. The first-order valence-electron chi connectivity index (χ1n) is 8.54. The summed E-state index contributed by atoms with van der Waals surface area (Å²) in [4.78, 5) is 17.0. The number of amides is 1. The first-order valence-corrected chi connectivity index (χ1v) is 9.70. The van der Waals surface area contributed by atoms with E-state index < -0.39 is 0 Å².